The van der Waals surface area contributed by atoms with Crippen LogP contribution in [0.1, 0.15) is 13.8 Å². The maximum atomic E-state index is 2.41. The molecule has 0 N–H and O–H groups in total. The van der Waals surface area contributed by atoms with Gasteiger partial charge in [-0.2, -0.15) is 0 Å². The molecule has 0 aliphatic heterocycles. The first-order chi connectivity index (χ1) is 20.7. The SMILES string of the molecule is CCn1c2ccccc2c2cc(-c3ccc(-c4ccc(-c5ccc6c(c5)c5ccccc5n6CC)cc4)cc3)ccc21. The van der Waals surface area contributed by atoms with Gasteiger partial charge in [0.15, 0.2) is 0 Å². The van der Waals surface area contributed by atoms with Crippen LogP contribution in [0.5, 0.6) is 0 Å². The molecule has 0 radical (unpaired) electrons. The Bertz CT molecular complexity index is 2080. The molecular weight excluding hydrogens is 508 g/mol. The third-order valence-electron chi connectivity index (χ3n) is 8.95. The molecule has 0 spiro atoms. The molecule has 0 saturated heterocycles. The van der Waals surface area contributed by atoms with Crippen molar-refractivity contribution in [3.05, 3.63) is 133 Å². The zero-order chi connectivity index (χ0) is 28.2. The lowest BCUT2D eigenvalue weighted by molar-refractivity contribution is 0.827. The molecule has 6 aromatic carbocycles. The summed E-state index contributed by atoms with van der Waals surface area (Å²) in [5, 5.41) is 5.29. The topological polar surface area (TPSA) is 9.86 Å². The van der Waals surface area contributed by atoms with E-state index >= 15 is 0 Å². The Labute approximate surface area is 246 Å². The Morgan fingerprint density at radius 2 is 0.643 bits per heavy atom. The minimum atomic E-state index is 0.967. The molecule has 0 amide bonds. The number of hydrogen-bond acceptors (Lipinski definition) is 0. The maximum absolute atomic E-state index is 2.41. The Kier molecular flexibility index (Phi) is 5.75. The van der Waals surface area contributed by atoms with Gasteiger partial charge in [-0.15, -0.1) is 0 Å². The van der Waals surface area contributed by atoms with Gasteiger partial charge in [0.1, 0.15) is 0 Å². The molecule has 0 aliphatic carbocycles. The Morgan fingerprint density at radius 1 is 0.333 bits per heavy atom. The maximum Gasteiger partial charge on any atom is 0.0491 e. The van der Waals surface area contributed by atoms with Gasteiger partial charge in [-0.1, -0.05) is 97.1 Å². The lowest BCUT2D eigenvalue weighted by Gasteiger charge is -2.08. The number of para-hydroxylation sites is 2. The van der Waals surface area contributed by atoms with Crippen LogP contribution in [-0.2, 0) is 13.1 Å². The van der Waals surface area contributed by atoms with Crippen LogP contribution >= 0.6 is 0 Å². The molecular formula is C40H32N2. The van der Waals surface area contributed by atoms with E-state index in [4.69, 9.17) is 0 Å². The summed E-state index contributed by atoms with van der Waals surface area (Å²) in [5.74, 6) is 0. The molecule has 0 saturated carbocycles. The molecule has 202 valence electrons. The smallest absolute Gasteiger partial charge is 0.0491 e. The summed E-state index contributed by atoms with van der Waals surface area (Å²) >= 11 is 0. The van der Waals surface area contributed by atoms with Crippen molar-refractivity contribution in [3.8, 4) is 33.4 Å². The van der Waals surface area contributed by atoms with Gasteiger partial charge in [-0.25, -0.2) is 0 Å². The van der Waals surface area contributed by atoms with Crippen LogP contribution in [0.15, 0.2) is 133 Å². The van der Waals surface area contributed by atoms with Crippen molar-refractivity contribution in [2.75, 3.05) is 0 Å². The van der Waals surface area contributed by atoms with Crippen molar-refractivity contribution in [3.63, 3.8) is 0 Å². The van der Waals surface area contributed by atoms with E-state index in [1.54, 1.807) is 0 Å². The third-order valence-corrected chi connectivity index (χ3v) is 8.95. The molecule has 8 rings (SSSR count). The normalized spacial score (nSPS) is 11.8. The summed E-state index contributed by atoms with van der Waals surface area (Å²) in [5.41, 5.74) is 12.7. The fraction of sp³-hybridized carbons (Fsp3) is 0.100. The number of aromatic nitrogens is 2. The van der Waals surface area contributed by atoms with Crippen LogP contribution in [-0.4, -0.2) is 9.13 Å². The molecule has 2 aromatic heterocycles. The predicted octanol–water partition coefficient (Wildman–Crippen LogP) is 10.9. The van der Waals surface area contributed by atoms with Gasteiger partial charge >= 0.3 is 0 Å². The van der Waals surface area contributed by atoms with E-state index in [1.165, 1.54) is 77.0 Å². The molecule has 8 aromatic rings. The van der Waals surface area contributed by atoms with E-state index in [1.807, 2.05) is 0 Å². The largest absolute Gasteiger partial charge is 0.341 e. The highest BCUT2D eigenvalue weighted by molar-refractivity contribution is 6.10. The van der Waals surface area contributed by atoms with E-state index < -0.39 is 0 Å². The zero-order valence-corrected chi connectivity index (χ0v) is 24.0. The number of nitrogens with zero attached hydrogens (tertiary/aromatic N) is 2. The first-order valence-corrected chi connectivity index (χ1v) is 15.0. The summed E-state index contributed by atoms with van der Waals surface area (Å²) in [6, 6.07) is 49.2. The molecule has 0 unspecified atom stereocenters. The van der Waals surface area contributed by atoms with Gasteiger partial charge < -0.3 is 9.13 Å². The molecule has 0 bridgehead atoms. The second-order valence-corrected chi connectivity index (χ2v) is 11.1. The van der Waals surface area contributed by atoms with Gasteiger partial charge in [0.2, 0.25) is 0 Å². The van der Waals surface area contributed by atoms with Crippen LogP contribution < -0.4 is 0 Å². The van der Waals surface area contributed by atoms with E-state index in [0.717, 1.165) is 13.1 Å². The lowest BCUT2D eigenvalue weighted by Crippen LogP contribution is -1.92. The minimum Gasteiger partial charge on any atom is -0.341 e. The number of rotatable bonds is 5. The molecule has 0 aliphatic rings. The van der Waals surface area contributed by atoms with Crippen molar-refractivity contribution in [2.24, 2.45) is 0 Å². The summed E-state index contributed by atoms with van der Waals surface area (Å²) in [6.07, 6.45) is 0. The standard InChI is InChI=1S/C40H32N2/c1-3-41-37-11-7-5-9-33(37)35-25-31(21-23-39(35)41)29-17-13-27(14-18-29)28-15-19-30(20-16-28)32-22-24-40-36(26-32)34-10-6-8-12-38(34)42(40)4-2/h5-26H,3-4H2,1-2H3. The predicted molar refractivity (Wildman–Crippen MR) is 180 cm³/mol. The van der Waals surface area contributed by atoms with E-state index in [9.17, 15) is 0 Å². The third kappa shape index (κ3) is 3.79. The number of aryl methyl sites for hydroxylation is 2. The summed E-state index contributed by atoms with van der Waals surface area (Å²) in [6.45, 7) is 6.37. The summed E-state index contributed by atoms with van der Waals surface area (Å²) < 4.78 is 4.81. The monoisotopic (exact) mass is 540 g/mol. The van der Waals surface area contributed by atoms with Crippen molar-refractivity contribution < 1.29 is 0 Å². The van der Waals surface area contributed by atoms with E-state index in [0.29, 0.717) is 0 Å². The quantitative estimate of drug-likeness (QED) is 0.205. The second-order valence-electron chi connectivity index (χ2n) is 11.1. The number of benzene rings is 6. The van der Waals surface area contributed by atoms with Crippen molar-refractivity contribution >= 4 is 43.6 Å². The van der Waals surface area contributed by atoms with Crippen LogP contribution in [0.3, 0.4) is 0 Å². The summed E-state index contributed by atoms with van der Waals surface area (Å²) in [4.78, 5) is 0. The first kappa shape index (κ1) is 24.7. The molecule has 42 heavy (non-hydrogen) atoms. The zero-order valence-electron chi connectivity index (χ0n) is 24.0. The van der Waals surface area contributed by atoms with Gasteiger partial charge in [-0.05, 0) is 83.6 Å². The minimum absolute atomic E-state index is 0.967. The van der Waals surface area contributed by atoms with Gasteiger partial charge in [-0.3, -0.25) is 0 Å². The molecule has 2 heterocycles. The highest BCUT2D eigenvalue weighted by Crippen LogP contribution is 2.35. The van der Waals surface area contributed by atoms with Gasteiger partial charge in [0.05, 0.1) is 0 Å². The van der Waals surface area contributed by atoms with Crippen molar-refractivity contribution in [2.45, 2.75) is 26.9 Å². The molecule has 0 atom stereocenters. The lowest BCUT2D eigenvalue weighted by atomic mass is 9.97. The Balaban J connectivity index is 1.10. The molecule has 0 fully saturated rings. The van der Waals surface area contributed by atoms with Gasteiger partial charge in [0, 0.05) is 56.7 Å². The molecule has 2 nitrogen and oxygen atoms in total. The van der Waals surface area contributed by atoms with Crippen molar-refractivity contribution in [1.82, 2.24) is 9.13 Å². The number of fused-ring (bicyclic) bond motifs is 6. The Hall–Kier alpha value is -5.08. The van der Waals surface area contributed by atoms with Crippen LogP contribution in [0.25, 0.3) is 77.0 Å². The van der Waals surface area contributed by atoms with E-state index in [-0.39, 0.29) is 0 Å². The highest BCUT2D eigenvalue weighted by Gasteiger charge is 2.12. The van der Waals surface area contributed by atoms with Crippen LogP contribution in [0.2, 0.25) is 0 Å². The second kappa shape index (κ2) is 9.78. The van der Waals surface area contributed by atoms with Gasteiger partial charge in [0.25, 0.3) is 0 Å². The fourth-order valence-electron chi connectivity index (χ4n) is 6.86. The Morgan fingerprint density at radius 3 is 1.02 bits per heavy atom. The average molecular weight is 541 g/mol. The summed E-state index contributed by atoms with van der Waals surface area (Å²) in [7, 11) is 0. The van der Waals surface area contributed by atoms with Crippen LogP contribution in [0, 0.1) is 0 Å². The van der Waals surface area contributed by atoms with E-state index in [2.05, 4.69) is 156 Å². The van der Waals surface area contributed by atoms with Crippen molar-refractivity contribution in [1.29, 1.82) is 0 Å². The molecule has 2 heteroatoms. The highest BCUT2D eigenvalue weighted by atomic mass is 15.0. The first-order valence-electron chi connectivity index (χ1n) is 15.0. The number of hydrogen-bond donors (Lipinski definition) is 0. The average Bonchev–Trinajstić information content (AvgIpc) is 3.56. The fourth-order valence-corrected chi connectivity index (χ4v) is 6.86. The van der Waals surface area contributed by atoms with Crippen LogP contribution in [0.4, 0.5) is 0 Å².